The summed E-state index contributed by atoms with van der Waals surface area (Å²) >= 11 is 0. The molecule has 2 aromatic carbocycles. The first-order chi connectivity index (χ1) is 12.1. The van der Waals surface area contributed by atoms with Gasteiger partial charge in [-0.1, -0.05) is 44.2 Å². The van der Waals surface area contributed by atoms with Crippen LogP contribution in [0.5, 0.6) is 0 Å². The molecule has 4 heteroatoms. The van der Waals surface area contributed by atoms with Crippen LogP contribution >= 0.6 is 0 Å². The van der Waals surface area contributed by atoms with E-state index in [1.54, 1.807) is 13.8 Å². The summed E-state index contributed by atoms with van der Waals surface area (Å²) in [7, 11) is 0. The summed E-state index contributed by atoms with van der Waals surface area (Å²) in [6.45, 7) is 11.4. The van der Waals surface area contributed by atoms with Crippen LogP contribution in [-0.2, 0) is 9.59 Å². The summed E-state index contributed by atoms with van der Waals surface area (Å²) in [4.78, 5) is 25.6. The van der Waals surface area contributed by atoms with Gasteiger partial charge in [0.25, 0.3) is 0 Å². The van der Waals surface area contributed by atoms with Gasteiger partial charge in [0.05, 0.1) is 0 Å². The molecule has 0 fully saturated rings. The van der Waals surface area contributed by atoms with E-state index in [9.17, 15) is 9.59 Å². The number of para-hydroxylation sites is 1. The number of aryl methyl sites for hydroxylation is 1. The average molecular weight is 352 g/mol. The Morgan fingerprint density at radius 2 is 1.38 bits per heavy atom. The quantitative estimate of drug-likeness (QED) is 0.742. The van der Waals surface area contributed by atoms with E-state index in [-0.39, 0.29) is 17.7 Å². The van der Waals surface area contributed by atoms with Crippen LogP contribution in [0.3, 0.4) is 0 Å². The van der Waals surface area contributed by atoms with Crippen molar-refractivity contribution < 1.29 is 9.59 Å². The highest BCUT2D eigenvalue weighted by molar-refractivity contribution is 6.14. The third kappa shape index (κ3) is 4.13. The standard InChI is InChI=1S/C22H28N2O2/c1-14(2)17-11-7-8-12-19(17)24-21(26)22(5,6)20(25)23-18-13-9-10-15(3)16(18)4/h7-14H,1-6H3,(H,23,25)(H,24,26). The van der Waals surface area contributed by atoms with Gasteiger partial charge in [-0.3, -0.25) is 9.59 Å². The van der Waals surface area contributed by atoms with Gasteiger partial charge in [-0.25, -0.2) is 0 Å². The molecule has 0 heterocycles. The van der Waals surface area contributed by atoms with Crippen LogP contribution in [0.15, 0.2) is 42.5 Å². The zero-order valence-corrected chi connectivity index (χ0v) is 16.4. The van der Waals surface area contributed by atoms with Crippen molar-refractivity contribution in [2.24, 2.45) is 5.41 Å². The van der Waals surface area contributed by atoms with Crippen molar-refractivity contribution >= 4 is 23.2 Å². The molecule has 0 spiro atoms. The van der Waals surface area contributed by atoms with Crippen molar-refractivity contribution in [3.63, 3.8) is 0 Å². The van der Waals surface area contributed by atoms with Crippen molar-refractivity contribution in [1.29, 1.82) is 0 Å². The van der Waals surface area contributed by atoms with E-state index >= 15 is 0 Å². The summed E-state index contributed by atoms with van der Waals surface area (Å²) in [5.41, 5.74) is 3.42. The summed E-state index contributed by atoms with van der Waals surface area (Å²) in [5, 5.41) is 5.82. The maximum absolute atomic E-state index is 12.8. The average Bonchev–Trinajstić information content (AvgIpc) is 2.59. The molecule has 2 rings (SSSR count). The number of amides is 2. The molecular formula is C22H28N2O2. The van der Waals surface area contributed by atoms with E-state index in [1.165, 1.54) is 0 Å². The molecule has 0 aliphatic heterocycles. The number of hydrogen-bond acceptors (Lipinski definition) is 2. The topological polar surface area (TPSA) is 58.2 Å². The molecule has 0 bridgehead atoms. The Hall–Kier alpha value is -2.62. The summed E-state index contributed by atoms with van der Waals surface area (Å²) in [6.07, 6.45) is 0. The Labute approximate surface area is 156 Å². The minimum absolute atomic E-state index is 0.276. The monoisotopic (exact) mass is 352 g/mol. The first kappa shape index (κ1) is 19.7. The molecule has 0 radical (unpaired) electrons. The van der Waals surface area contributed by atoms with Crippen molar-refractivity contribution in [2.45, 2.75) is 47.5 Å². The Kier molecular flexibility index (Phi) is 5.86. The summed E-state index contributed by atoms with van der Waals surface area (Å²) < 4.78 is 0. The molecule has 4 nitrogen and oxygen atoms in total. The fourth-order valence-electron chi connectivity index (χ4n) is 2.66. The molecule has 138 valence electrons. The maximum Gasteiger partial charge on any atom is 0.239 e. The first-order valence-electron chi connectivity index (χ1n) is 8.92. The molecule has 2 N–H and O–H groups in total. The second kappa shape index (κ2) is 7.73. The Bertz CT molecular complexity index is 823. The predicted octanol–water partition coefficient (Wildman–Crippen LogP) is 5.03. The molecule has 0 aliphatic carbocycles. The van der Waals surface area contributed by atoms with Crippen LogP contribution in [-0.4, -0.2) is 11.8 Å². The molecule has 26 heavy (non-hydrogen) atoms. The van der Waals surface area contributed by atoms with Gasteiger partial charge in [-0.2, -0.15) is 0 Å². The number of nitrogens with one attached hydrogen (secondary N) is 2. The van der Waals surface area contributed by atoms with E-state index in [4.69, 9.17) is 0 Å². The Balaban J connectivity index is 2.19. The fourth-order valence-corrected chi connectivity index (χ4v) is 2.66. The third-order valence-electron chi connectivity index (χ3n) is 4.82. The van der Waals surface area contributed by atoms with Crippen LogP contribution < -0.4 is 10.6 Å². The zero-order chi connectivity index (χ0) is 19.5. The molecule has 0 aliphatic rings. The molecular weight excluding hydrogens is 324 g/mol. The van der Waals surface area contributed by atoms with E-state index in [0.717, 1.165) is 28.1 Å². The normalized spacial score (nSPS) is 11.3. The van der Waals surface area contributed by atoms with Crippen molar-refractivity contribution in [3.8, 4) is 0 Å². The number of benzene rings is 2. The predicted molar refractivity (Wildman–Crippen MR) is 107 cm³/mol. The summed E-state index contributed by atoms with van der Waals surface area (Å²) in [6, 6.07) is 13.4. The molecule has 0 atom stereocenters. The molecule has 0 unspecified atom stereocenters. The second-order valence-electron chi connectivity index (χ2n) is 7.52. The van der Waals surface area contributed by atoms with E-state index < -0.39 is 5.41 Å². The summed E-state index contributed by atoms with van der Waals surface area (Å²) in [5.74, 6) is -0.377. The van der Waals surface area contributed by atoms with Crippen LogP contribution in [0.4, 0.5) is 11.4 Å². The van der Waals surface area contributed by atoms with Gasteiger partial charge >= 0.3 is 0 Å². The van der Waals surface area contributed by atoms with E-state index in [1.807, 2.05) is 56.3 Å². The SMILES string of the molecule is Cc1cccc(NC(=O)C(C)(C)C(=O)Nc2ccccc2C(C)C)c1C. The van der Waals surface area contributed by atoms with Crippen LogP contribution in [0.25, 0.3) is 0 Å². The molecule has 2 aromatic rings. The Morgan fingerprint density at radius 3 is 2.00 bits per heavy atom. The van der Waals surface area contributed by atoms with Crippen molar-refractivity contribution in [1.82, 2.24) is 0 Å². The number of hydrogen-bond donors (Lipinski definition) is 2. The van der Waals surface area contributed by atoms with Crippen LogP contribution in [0, 0.1) is 19.3 Å². The largest absolute Gasteiger partial charge is 0.325 e. The number of rotatable bonds is 5. The van der Waals surface area contributed by atoms with Gasteiger partial charge in [0, 0.05) is 11.4 Å². The molecule has 0 aromatic heterocycles. The van der Waals surface area contributed by atoms with Gasteiger partial charge in [0.15, 0.2) is 0 Å². The molecule has 0 saturated carbocycles. The molecule has 0 saturated heterocycles. The first-order valence-corrected chi connectivity index (χ1v) is 8.92. The lowest BCUT2D eigenvalue weighted by molar-refractivity contribution is -0.135. The second-order valence-corrected chi connectivity index (χ2v) is 7.52. The number of carbonyl (C=O) groups excluding carboxylic acids is 2. The highest BCUT2D eigenvalue weighted by Crippen LogP contribution is 2.27. The van der Waals surface area contributed by atoms with Crippen molar-refractivity contribution in [3.05, 3.63) is 59.2 Å². The van der Waals surface area contributed by atoms with Crippen molar-refractivity contribution in [2.75, 3.05) is 10.6 Å². The fraction of sp³-hybridized carbons (Fsp3) is 0.364. The minimum atomic E-state index is -1.21. The molecule has 2 amide bonds. The van der Waals surface area contributed by atoms with E-state index in [2.05, 4.69) is 24.5 Å². The third-order valence-corrected chi connectivity index (χ3v) is 4.82. The van der Waals surface area contributed by atoms with Gasteiger partial charge in [0.1, 0.15) is 5.41 Å². The Morgan fingerprint density at radius 1 is 0.846 bits per heavy atom. The highest BCUT2D eigenvalue weighted by Gasteiger charge is 2.36. The zero-order valence-electron chi connectivity index (χ0n) is 16.4. The van der Waals surface area contributed by atoms with Gasteiger partial charge in [-0.15, -0.1) is 0 Å². The van der Waals surface area contributed by atoms with E-state index in [0.29, 0.717) is 0 Å². The number of carbonyl (C=O) groups is 2. The lowest BCUT2D eigenvalue weighted by atomic mass is 9.90. The smallest absolute Gasteiger partial charge is 0.239 e. The van der Waals surface area contributed by atoms with Gasteiger partial charge in [0.2, 0.25) is 11.8 Å². The lowest BCUT2D eigenvalue weighted by Gasteiger charge is -2.24. The van der Waals surface area contributed by atoms with Crippen LogP contribution in [0.1, 0.15) is 50.3 Å². The maximum atomic E-state index is 12.8. The minimum Gasteiger partial charge on any atom is -0.325 e. The lowest BCUT2D eigenvalue weighted by Crippen LogP contribution is -2.41. The number of anilines is 2. The van der Waals surface area contributed by atoms with Gasteiger partial charge < -0.3 is 10.6 Å². The van der Waals surface area contributed by atoms with Crippen LogP contribution in [0.2, 0.25) is 0 Å². The van der Waals surface area contributed by atoms with Gasteiger partial charge in [-0.05, 0) is 62.4 Å². The highest BCUT2D eigenvalue weighted by atomic mass is 16.2.